The van der Waals surface area contributed by atoms with E-state index in [0.717, 1.165) is 5.56 Å². The van der Waals surface area contributed by atoms with Crippen LogP contribution in [0, 0.1) is 6.92 Å². The normalized spacial score (nSPS) is 13.7. The molecule has 0 bridgehead atoms. The number of hydrogen-bond acceptors (Lipinski definition) is 5. The molecule has 0 radical (unpaired) electrons. The van der Waals surface area contributed by atoms with E-state index in [9.17, 15) is 9.59 Å². The van der Waals surface area contributed by atoms with Crippen molar-refractivity contribution in [2.24, 2.45) is 0 Å². The van der Waals surface area contributed by atoms with Gasteiger partial charge in [-0.25, -0.2) is 0 Å². The van der Waals surface area contributed by atoms with Gasteiger partial charge in [-0.1, -0.05) is 47.5 Å². The second kappa shape index (κ2) is 8.62. The molecule has 31 heavy (non-hydrogen) atoms. The van der Waals surface area contributed by atoms with Gasteiger partial charge < -0.3 is 10.1 Å². The Morgan fingerprint density at radius 3 is 2.45 bits per heavy atom. The minimum atomic E-state index is -0.418. The maximum atomic E-state index is 13.3. The van der Waals surface area contributed by atoms with Crippen molar-refractivity contribution in [3.63, 3.8) is 0 Å². The monoisotopic (exact) mass is 433 g/mol. The topological polar surface area (TPSA) is 71.5 Å². The fourth-order valence-electron chi connectivity index (χ4n) is 3.37. The van der Waals surface area contributed by atoms with E-state index < -0.39 is 5.91 Å². The summed E-state index contributed by atoms with van der Waals surface area (Å²) in [6, 6.07) is 18.0. The highest BCUT2D eigenvalue weighted by molar-refractivity contribution is 6.36. The quantitative estimate of drug-likeness (QED) is 0.582. The average Bonchev–Trinajstić information content (AvgIpc) is 3.00. The Hall–Kier alpha value is -3.64. The van der Waals surface area contributed by atoms with Crippen molar-refractivity contribution in [1.29, 1.82) is 0 Å². The molecule has 2 amide bonds. The van der Waals surface area contributed by atoms with E-state index in [0.29, 0.717) is 33.3 Å². The number of nitrogens with zero attached hydrogens (tertiary/aromatic N) is 2. The standard InChI is InChI=1S/C24H20ClN3O3/c1-15-6-8-16(9-7-15)21-22(27-17-10-11-20(31-2)19(25)13-17)24(30)28(23(21)29)14-18-5-3-4-12-26-18/h3-13,27H,14H2,1-2H3. The Balaban J connectivity index is 1.74. The van der Waals surface area contributed by atoms with Crippen LogP contribution in [0.4, 0.5) is 5.69 Å². The average molecular weight is 434 g/mol. The second-order valence-corrected chi connectivity index (χ2v) is 7.52. The van der Waals surface area contributed by atoms with Gasteiger partial charge in [0, 0.05) is 11.9 Å². The van der Waals surface area contributed by atoms with Gasteiger partial charge in [-0.05, 0) is 42.8 Å². The van der Waals surface area contributed by atoms with E-state index in [1.165, 1.54) is 12.0 Å². The van der Waals surface area contributed by atoms with Crippen LogP contribution in [0.5, 0.6) is 5.75 Å². The molecule has 0 saturated heterocycles. The number of pyridine rings is 1. The van der Waals surface area contributed by atoms with Gasteiger partial charge in [0.05, 0.1) is 29.9 Å². The highest BCUT2D eigenvalue weighted by Gasteiger charge is 2.39. The second-order valence-electron chi connectivity index (χ2n) is 7.11. The molecule has 156 valence electrons. The predicted octanol–water partition coefficient (Wildman–Crippen LogP) is 4.44. The van der Waals surface area contributed by atoms with E-state index in [2.05, 4.69) is 10.3 Å². The Labute approximate surface area is 185 Å². The Bertz CT molecular complexity index is 1170. The minimum Gasteiger partial charge on any atom is -0.495 e. The minimum absolute atomic E-state index is 0.0857. The lowest BCUT2D eigenvalue weighted by Gasteiger charge is -2.15. The number of methoxy groups -OCH3 is 1. The molecular weight excluding hydrogens is 414 g/mol. The van der Waals surface area contributed by atoms with Crippen LogP contribution < -0.4 is 10.1 Å². The van der Waals surface area contributed by atoms with Gasteiger partial charge in [-0.3, -0.25) is 19.5 Å². The molecule has 1 aromatic heterocycles. The van der Waals surface area contributed by atoms with Crippen molar-refractivity contribution in [3.8, 4) is 5.75 Å². The van der Waals surface area contributed by atoms with E-state index in [1.54, 1.807) is 36.5 Å². The molecule has 0 atom stereocenters. The molecule has 6 nitrogen and oxygen atoms in total. The molecule has 1 aliphatic heterocycles. The summed E-state index contributed by atoms with van der Waals surface area (Å²) in [4.78, 5) is 32.0. The molecule has 0 aliphatic carbocycles. The molecule has 4 rings (SSSR count). The molecule has 1 N–H and O–H groups in total. The van der Waals surface area contributed by atoms with E-state index in [4.69, 9.17) is 16.3 Å². The number of carbonyl (C=O) groups is 2. The highest BCUT2D eigenvalue weighted by atomic mass is 35.5. The molecule has 0 unspecified atom stereocenters. The Morgan fingerprint density at radius 1 is 1.03 bits per heavy atom. The lowest BCUT2D eigenvalue weighted by Crippen LogP contribution is -2.32. The van der Waals surface area contributed by atoms with Crippen molar-refractivity contribution in [3.05, 3.63) is 94.4 Å². The molecule has 1 aliphatic rings. The Morgan fingerprint density at radius 2 is 1.81 bits per heavy atom. The first-order valence-electron chi connectivity index (χ1n) is 9.66. The van der Waals surface area contributed by atoms with Crippen molar-refractivity contribution in [2.45, 2.75) is 13.5 Å². The molecule has 7 heteroatoms. The lowest BCUT2D eigenvalue weighted by atomic mass is 10.0. The van der Waals surface area contributed by atoms with Crippen LogP contribution >= 0.6 is 11.6 Å². The zero-order valence-corrected chi connectivity index (χ0v) is 17.8. The number of aromatic nitrogens is 1. The van der Waals surface area contributed by atoms with Gasteiger partial charge in [0.2, 0.25) is 0 Å². The molecule has 3 aromatic rings. The molecule has 2 aromatic carbocycles. The van der Waals surface area contributed by atoms with Gasteiger partial charge in [0.25, 0.3) is 11.8 Å². The summed E-state index contributed by atoms with van der Waals surface area (Å²) < 4.78 is 5.19. The first-order valence-corrected chi connectivity index (χ1v) is 10.0. The Kier molecular flexibility index (Phi) is 5.73. The summed E-state index contributed by atoms with van der Waals surface area (Å²) >= 11 is 6.24. The van der Waals surface area contributed by atoms with Crippen LogP contribution in [-0.4, -0.2) is 28.8 Å². The maximum absolute atomic E-state index is 13.3. The summed E-state index contributed by atoms with van der Waals surface area (Å²) in [5, 5.41) is 3.49. The zero-order chi connectivity index (χ0) is 22.0. The predicted molar refractivity (Wildman–Crippen MR) is 120 cm³/mol. The van der Waals surface area contributed by atoms with Crippen LogP contribution in [0.3, 0.4) is 0 Å². The molecule has 0 spiro atoms. The number of ether oxygens (including phenoxy) is 1. The third-order valence-corrected chi connectivity index (χ3v) is 5.27. The van der Waals surface area contributed by atoms with Crippen LogP contribution in [-0.2, 0) is 16.1 Å². The largest absolute Gasteiger partial charge is 0.495 e. The third kappa shape index (κ3) is 4.15. The highest BCUT2D eigenvalue weighted by Crippen LogP contribution is 2.33. The van der Waals surface area contributed by atoms with Gasteiger partial charge in [0.15, 0.2) is 0 Å². The van der Waals surface area contributed by atoms with Crippen molar-refractivity contribution >= 4 is 34.7 Å². The number of imide groups is 1. The number of aryl methyl sites for hydroxylation is 1. The first kappa shape index (κ1) is 20.6. The van der Waals surface area contributed by atoms with Crippen molar-refractivity contribution < 1.29 is 14.3 Å². The zero-order valence-electron chi connectivity index (χ0n) is 17.1. The number of nitrogens with one attached hydrogen (secondary N) is 1. The molecule has 2 heterocycles. The van der Waals surface area contributed by atoms with Gasteiger partial charge >= 0.3 is 0 Å². The molecule has 0 saturated carbocycles. The number of hydrogen-bond donors (Lipinski definition) is 1. The van der Waals surface area contributed by atoms with Gasteiger partial charge in [-0.2, -0.15) is 0 Å². The smallest absolute Gasteiger partial charge is 0.278 e. The number of rotatable bonds is 6. The molecule has 0 fully saturated rings. The van der Waals surface area contributed by atoms with Gasteiger partial charge in [0.1, 0.15) is 11.4 Å². The first-order chi connectivity index (χ1) is 15.0. The van der Waals surface area contributed by atoms with Crippen molar-refractivity contribution in [2.75, 3.05) is 12.4 Å². The van der Waals surface area contributed by atoms with E-state index in [1.807, 2.05) is 37.3 Å². The number of amides is 2. The summed E-state index contributed by atoms with van der Waals surface area (Å²) in [7, 11) is 1.53. The van der Waals surface area contributed by atoms with E-state index in [-0.39, 0.29) is 18.1 Å². The third-order valence-electron chi connectivity index (χ3n) is 4.98. The number of carbonyl (C=O) groups excluding carboxylic acids is 2. The number of anilines is 1. The number of halogens is 1. The van der Waals surface area contributed by atoms with Crippen LogP contribution in [0.25, 0.3) is 5.57 Å². The summed E-state index contributed by atoms with van der Waals surface area (Å²) in [5.74, 6) is -0.273. The van der Waals surface area contributed by atoms with Crippen LogP contribution in [0.2, 0.25) is 5.02 Å². The summed E-state index contributed by atoms with van der Waals surface area (Å²) in [6.07, 6.45) is 1.63. The summed E-state index contributed by atoms with van der Waals surface area (Å²) in [5.41, 5.74) is 3.43. The van der Waals surface area contributed by atoms with Crippen LogP contribution in [0.1, 0.15) is 16.8 Å². The van der Waals surface area contributed by atoms with Gasteiger partial charge in [-0.15, -0.1) is 0 Å². The van der Waals surface area contributed by atoms with Crippen LogP contribution in [0.15, 0.2) is 72.6 Å². The molecular formula is C24H20ClN3O3. The maximum Gasteiger partial charge on any atom is 0.278 e. The lowest BCUT2D eigenvalue weighted by molar-refractivity contribution is -0.137. The van der Waals surface area contributed by atoms with Crippen molar-refractivity contribution in [1.82, 2.24) is 9.88 Å². The SMILES string of the molecule is COc1ccc(NC2=C(c3ccc(C)cc3)C(=O)N(Cc3ccccn3)C2=O)cc1Cl. The number of benzene rings is 2. The fourth-order valence-corrected chi connectivity index (χ4v) is 3.62. The fraction of sp³-hybridized carbons (Fsp3) is 0.125. The summed E-state index contributed by atoms with van der Waals surface area (Å²) in [6.45, 7) is 2.05. The van der Waals surface area contributed by atoms with E-state index >= 15 is 0 Å².